The standard InChI is InChI=1S/C17H18BrClN2O/c1-21(11-14-4-2-3-5-16(14)18)12-17(22)20-10-13-6-8-15(19)9-7-13/h2-9H,10-12H2,1H3,(H,20,22). The molecule has 0 aromatic heterocycles. The van der Waals surface area contributed by atoms with Gasteiger partial charge < -0.3 is 5.32 Å². The molecule has 2 rings (SSSR count). The molecule has 0 unspecified atom stereocenters. The van der Waals surface area contributed by atoms with Crippen molar-refractivity contribution in [2.45, 2.75) is 13.1 Å². The van der Waals surface area contributed by atoms with Gasteiger partial charge in [0, 0.05) is 22.6 Å². The first-order chi connectivity index (χ1) is 10.5. The van der Waals surface area contributed by atoms with E-state index in [1.807, 2.05) is 60.5 Å². The normalized spacial score (nSPS) is 10.7. The van der Waals surface area contributed by atoms with Crippen LogP contribution in [0.5, 0.6) is 0 Å². The van der Waals surface area contributed by atoms with E-state index in [1.165, 1.54) is 0 Å². The number of hydrogen-bond acceptors (Lipinski definition) is 2. The Morgan fingerprint density at radius 1 is 1.18 bits per heavy atom. The van der Waals surface area contributed by atoms with Crippen molar-refractivity contribution < 1.29 is 4.79 Å². The number of benzene rings is 2. The zero-order valence-corrected chi connectivity index (χ0v) is 14.7. The number of carbonyl (C=O) groups excluding carboxylic acids is 1. The molecule has 1 N–H and O–H groups in total. The summed E-state index contributed by atoms with van der Waals surface area (Å²) in [4.78, 5) is 14.0. The van der Waals surface area contributed by atoms with Crippen molar-refractivity contribution in [1.82, 2.24) is 10.2 Å². The van der Waals surface area contributed by atoms with Gasteiger partial charge >= 0.3 is 0 Å². The molecule has 0 bridgehead atoms. The van der Waals surface area contributed by atoms with E-state index in [9.17, 15) is 4.79 Å². The predicted octanol–water partition coefficient (Wildman–Crippen LogP) is 3.85. The Balaban J connectivity index is 1.79. The van der Waals surface area contributed by atoms with E-state index in [-0.39, 0.29) is 5.91 Å². The van der Waals surface area contributed by atoms with Gasteiger partial charge in [-0.1, -0.05) is 57.9 Å². The van der Waals surface area contributed by atoms with Gasteiger partial charge in [0.25, 0.3) is 0 Å². The van der Waals surface area contributed by atoms with E-state index in [2.05, 4.69) is 21.2 Å². The van der Waals surface area contributed by atoms with E-state index in [0.29, 0.717) is 18.1 Å². The summed E-state index contributed by atoms with van der Waals surface area (Å²) >= 11 is 9.36. The van der Waals surface area contributed by atoms with E-state index in [0.717, 1.165) is 22.1 Å². The lowest BCUT2D eigenvalue weighted by atomic mass is 10.2. The van der Waals surface area contributed by atoms with Crippen molar-refractivity contribution in [2.24, 2.45) is 0 Å². The topological polar surface area (TPSA) is 32.3 Å². The minimum Gasteiger partial charge on any atom is -0.351 e. The Hall–Kier alpha value is -1.36. The smallest absolute Gasteiger partial charge is 0.234 e. The zero-order chi connectivity index (χ0) is 15.9. The Morgan fingerprint density at radius 2 is 1.86 bits per heavy atom. The van der Waals surface area contributed by atoms with E-state index in [1.54, 1.807) is 0 Å². The summed E-state index contributed by atoms with van der Waals surface area (Å²) in [6, 6.07) is 15.5. The van der Waals surface area contributed by atoms with E-state index in [4.69, 9.17) is 11.6 Å². The summed E-state index contributed by atoms with van der Waals surface area (Å²) < 4.78 is 1.06. The second kappa shape index (κ2) is 8.32. The van der Waals surface area contributed by atoms with Crippen LogP contribution in [0.4, 0.5) is 0 Å². The quantitative estimate of drug-likeness (QED) is 0.824. The average Bonchev–Trinajstić information content (AvgIpc) is 2.49. The van der Waals surface area contributed by atoms with Crippen molar-refractivity contribution in [2.75, 3.05) is 13.6 Å². The Bertz CT molecular complexity index is 631. The van der Waals surface area contributed by atoms with Crippen LogP contribution in [-0.4, -0.2) is 24.4 Å². The first kappa shape index (κ1) is 17.0. The van der Waals surface area contributed by atoms with Crippen LogP contribution in [0.2, 0.25) is 5.02 Å². The number of nitrogens with zero attached hydrogens (tertiary/aromatic N) is 1. The van der Waals surface area contributed by atoms with Crippen LogP contribution in [0, 0.1) is 0 Å². The number of carbonyl (C=O) groups is 1. The maximum atomic E-state index is 12.0. The Morgan fingerprint density at radius 3 is 2.55 bits per heavy atom. The molecule has 0 spiro atoms. The summed E-state index contributed by atoms with van der Waals surface area (Å²) in [6.45, 7) is 1.59. The molecule has 2 aromatic carbocycles. The number of nitrogens with one attached hydrogen (secondary N) is 1. The SMILES string of the molecule is CN(CC(=O)NCc1ccc(Cl)cc1)Cc1ccccc1Br. The summed E-state index contributed by atoms with van der Waals surface area (Å²) in [7, 11) is 1.93. The molecule has 0 heterocycles. The molecule has 3 nitrogen and oxygen atoms in total. The van der Waals surface area contributed by atoms with E-state index >= 15 is 0 Å². The van der Waals surface area contributed by atoms with Crippen molar-refractivity contribution >= 4 is 33.4 Å². The molecule has 0 fully saturated rings. The van der Waals surface area contributed by atoms with Gasteiger partial charge in [0.15, 0.2) is 0 Å². The van der Waals surface area contributed by atoms with Gasteiger partial charge in [-0.05, 0) is 36.4 Å². The highest BCUT2D eigenvalue weighted by Crippen LogP contribution is 2.17. The molecule has 0 saturated carbocycles. The molecule has 0 atom stereocenters. The molecule has 5 heteroatoms. The van der Waals surface area contributed by atoms with Crippen LogP contribution in [0.15, 0.2) is 53.0 Å². The minimum atomic E-state index is 0.00417. The molecule has 22 heavy (non-hydrogen) atoms. The second-order valence-electron chi connectivity index (χ2n) is 5.17. The third-order valence-corrected chi connectivity index (χ3v) is 4.24. The molecule has 0 aliphatic heterocycles. The fourth-order valence-corrected chi connectivity index (χ4v) is 2.61. The summed E-state index contributed by atoms with van der Waals surface area (Å²) in [5.41, 5.74) is 2.20. The Kier molecular flexibility index (Phi) is 6.43. The van der Waals surface area contributed by atoms with Gasteiger partial charge in [0.1, 0.15) is 0 Å². The summed E-state index contributed by atoms with van der Waals surface area (Å²) in [5, 5.41) is 3.61. The van der Waals surface area contributed by atoms with Crippen molar-refractivity contribution in [3.63, 3.8) is 0 Å². The van der Waals surface area contributed by atoms with Crippen LogP contribution in [0.1, 0.15) is 11.1 Å². The summed E-state index contributed by atoms with van der Waals surface area (Å²) in [6.07, 6.45) is 0. The largest absolute Gasteiger partial charge is 0.351 e. The molecule has 0 aliphatic rings. The molecule has 0 radical (unpaired) electrons. The zero-order valence-electron chi connectivity index (χ0n) is 12.4. The fraction of sp³-hybridized carbons (Fsp3) is 0.235. The van der Waals surface area contributed by atoms with Crippen LogP contribution in [-0.2, 0) is 17.9 Å². The fourth-order valence-electron chi connectivity index (χ4n) is 2.08. The minimum absolute atomic E-state index is 0.00417. The predicted molar refractivity (Wildman–Crippen MR) is 93.8 cm³/mol. The number of likely N-dealkylation sites (N-methyl/N-ethyl adjacent to an activating group) is 1. The monoisotopic (exact) mass is 380 g/mol. The lowest BCUT2D eigenvalue weighted by molar-refractivity contribution is -0.122. The highest BCUT2D eigenvalue weighted by Gasteiger charge is 2.08. The first-order valence-corrected chi connectivity index (χ1v) is 8.15. The van der Waals surface area contributed by atoms with Gasteiger partial charge in [0.2, 0.25) is 5.91 Å². The van der Waals surface area contributed by atoms with Crippen molar-refractivity contribution in [1.29, 1.82) is 0 Å². The third kappa shape index (κ3) is 5.44. The molecular weight excluding hydrogens is 364 g/mol. The number of halogens is 2. The number of amides is 1. The van der Waals surface area contributed by atoms with Crippen LogP contribution in [0.3, 0.4) is 0 Å². The highest BCUT2D eigenvalue weighted by molar-refractivity contribution is 9.10. The van der Waals surface area contributed by atoms with Gasteiger partial charge in [-0.2, -0.15) is 0 Å². The molecule has 1 amide bonds. The second-order valence-corrected chi connectivity index (χ2v) is 6.46. The van der Waals surface area contributed by atoms with Gasteiger partial charge in [-0.3, -0.25) is 9.69 Å². The highest BCUT2D eigenvalue weighted by atomic mass is 79.9. The maximum absolute atomic E-state index is 12.0. The third-order valence-electron chi connectivity index (χ3n) is 3.21. The number of rotatable bonds is 6. The van der Waals surface area contributed by atoms with Crippen LogP contribution < -0.4 is 5.32 Å². The van der Waals surface area contributed by atoms with Crippen LogP contribution in [0.25, 0.3) is 0 Å². The lowest BCUT2D eigenvalue weighted by Crippen LogP contribution is -2.34. The van der Waals surface area contributed by atoms with Crippen molar-refractivity contribution in [3.8, 4) is 0 Å². The molecule has 0 saturated heterocycles. The van der Waals surface area contributed by atoms with Gasteiger partial charge in [-0.25, -0.2) is 0 Å². The van der Waals surface area contributed by atoms with Gasteiger partial charge in [0.05, 0.1) is 6.54 Å². The molecule has 2 aromatic rings. The van der Waals surface area contributed by atoms with Crippen LogP contribution >= 0.6 is 27.5 Å². The molecular formula is C17H18BrClN2O. The molecule has 0 aliphatic carbocycles. The maximum Gasteiger partial charge on any atom is 0.234 e. The van der Waals surface area contributed by atoms with Gasteiger partial charge in [-0.15, -0.1) is 0 Å². The van der Waals surface area contributed by atoms with Crippen molar-refractivity contribution in [3.05, 3.63) is 69.2 Å². The molecule has 116 valence electrons. The lowest BCUT2D eigenvalue weighted by Gasteiger charge is -2.17. The summed E-state index contributed by atoms with van der Waals surface area (Å²) in [5.74, 6) is 0.00417. The average molecular weight is 382 g/mol. The van der Waals surface area contributed by atoms with E-state index < -0.39 is 0 Å². The number of hydrogen-bond donors (Lipinski definition) is 1. The Labute approximate surface area is 144 Å². The first-order valence-electron chi connectivity index (χ1n) is 6.97.